The first-order chi connectivity index (χ1) is 15.4. The van der Waals surface area contributed by atoms with E-state index in [4.69, 9.17) is 0 Å². The SMILES string of the molecule is Cc1ccccc1N1C(=O)c2ccc(C(=O)NCc3ccccc3CN(C)C)cc2C1=O. The Balaban J connectivity index is 1.54. The molecule has 4 rings (SSSR count). The van der Waals surface area contributed by atoms with Crippen molar-refractivity contribution >= 4 is 23.4 Å². The topological polar surface area (TPSA) is 69.7 Å². The molecule has 0 radical (unpaired) electrons. The number of nitrogens with one attached hydrogen (secondary N) is 1. The van der Waals surface area contributed by atoms with E-state index in [-0.39, 0.29) is 17.4 Å². The molecule has 3 aromatic carbocycles. The zero-order valence-electron chi connectivity index (χ0n) is 18.4. The van der Waals surface area contributed by atoms with Gasteiger partial charge in [0.05, 0.1) is 16.8 Å². The Kier molecular flexibility index (Phi) is 5.88. The molecule has 0 spiro atoms. The van der Waals surface area contributed by atoms with Crippen molar-refractivity contribution < 1.29 is 14.4 Å². The molecule has 3 amide bonds. The third-order valence-corrected chi connectivity index (χ3v) is 5.55. The van der Waals surface area contributed by atoms with Crippen molar-refractivity contribution in [2.75, 3.05) is 19.0 Å². The molecule has 0 atom stereocenters. The molecule has 0 bridgehead atoms. The molecule has 0 aliphatic carbocycles. The summed E-state index contributed by atoms with van der Waals surface area (Å²) in [4.78, 5) is 42.0. The van der Waals surface area contributed by atoms with Crippen molar-refractivity contribution in [2.24, 2.45) is 0 Å². The summed E-state index contributed by atoms with van der Waals surface area (Å²) in [6.07, 6.45) is 0. The average molecular weight is 428 g/mol. The zero-order valence-corrected chi connectivity index (χ0v) is 18.4. The van der Waals surface area contributed by atoms with E-state index in [1.807, 2.05) is 57.4 Å². The number of fused-ring (bicyclic) bond motifs is 1. The van der Waals surface area contributed by atoms with Gasteiger partial charge in [0.2, 0.25) is 0 Å². The van der Waals surface area contributed by atoms with Crippen molar-refractivity contribution in [1.29, 1.82) is 0 Å². The number of anilines is 1. The van der Waals surface area contributed by atoms with E-state index in [1.165, 1.54) is 11.0 Å². The molecule has 1 N–H and O–H groups in total. The van der Waals surface area contributed by atoms with Gasteiger partial charge in [-0.3, -0.25) is 14.4 Å². The van der Waals surface area contributed by atoms with Gasteiger partial charge in [0.15, 0.2) is 0 Å². The van der Waals surface area contributed by atoms with Crippen LogP contribution in [-0.2, 0) is 13.1 Å². The van der Waals surface area contributed by atoms with Crippen LogP contribution < -0.4 is 10.2 Å². The van der Waals surface area contributed by atoms with Gasteiger partial charge in [-0.05, 0) is 62.0 Å². The molecule has 0 saturated heterocycles. The van der Waals surface area contributed by atoms with E-state index < -0.39 is 5.91 Å². The van der Waals surface area contributed by atoms with E-state index in [0.717, 1.165) is 23.2 Å². The average Bonchev–Trinajstić information content (AvgIpc) is 3.02. The number of aryl methyl sites for hydroxylation is 1. The van der Waals surface area contributed by atoms with E-state index in [2.05, 4.69) is 10.2 Å². The van der Waals surface area contributed by atoms with Crippen LogP contribution >= 0.6 is 0 Å². The minimum absolute atomic E-state index is 0.249. The second-order valence-corrected chi connectivity index (χ2v) is 8.18. The fraction of sp³-hybridized carbons (Fsp3) is 0.192. The molecular weight excluding hydrogens is 402 g/mol. The maximum Gasteiger partial charge on any atom is 0.266 e. The maximum atomic E-state index is 13.0. The summed E-state index contributed by atoms with van der Waals surface area (Å²) >= 11 is 0. The quantitative estimate of drug-likeness (QED) is 0.608. The van der Waals surface area contributed by atoms with Crippen molar-refractivity contribution in [1.82, 2.24) is 10.2 Å². The van der Waals surface area contributed by atoms with Crippen molar-refractivity contribution in [3.05, 3.63) is 100 Å². The highest BCUT2D eigenvalue weighted by molar-refractivity contribution is 6.35. The highest BCUT2D eigenvalue weighted by Crippen LogP contribution is 2.31. The van der Waals surface area contributed by atoms with Gasteiger partial charge in [-0.2, -0.15) is 0 Å². The van der Waals surface area contributed by atoms with Gasteiger partial charge in [-0.15, -0.1) is 0 Å². The predicted octanol–water partition coefficient (Wildman–Crippen LogP) is 3.79. The Hall–Kier alpha value is -3.77. The Morgan fingerprint density at radius 3 is 2.25 bits per heavy atom. The fourth-order valence-corrected chi connectivity index (χ4v) is 3.92. The number of para-hydroxylation sites is 1. The molecular formula is C26H25N3O3. The van der Waals surface area contributed by atoms with Gasteiger partial charge < -0.3 is 10.2 Å². The van der Waals surface area contributed by atoms with E-state index in [1.54, 1.807) is 24.3 Å². The summed E-state index contributed by atoms with van der Waals surface area (Å²) < 4.78 is 0. The van der Waals surface area contributed by atoms with Crippen LogP contribution in [0.15, 0.2) is 66.7 Å². The van der Waals surface area contributed by atoms with Crippen molar-refractivity contribution in [3.8, 4) is 0 Å². The Labute approximate surface area is 187 Å². The molecule has 1 aliphatic heterocycles. The molecule has 0 aromatic heterocycles. The summed E-state index contributed by atoms with van der Waals surface area (Å²) in [5.74, 6) is -1.07. The lowest BCUT2D eigenvalue weighted by molar-refractivity contribution is 0.0923. The third kappa shape index (κ3) is 4.05. The normalized spacial score (nSPS) is 12.9. The lowest BCUT2D eigenvalue weighted by Gasteiger charge is -2.16. The van der Waals surface area contributed by atoms with Crippen LogP contribution in [0.3, 0.4) is 0 Å². The predicted molar refractivity (Wildman–Crippen MR) is 124 cm³/mol. The van der Waals surface area contributed by atoms with Gasteiger partial charge in [0.25, 0.3) is 17.7 Å². The number of carbonyl (C=O) groups excluding carboxylic acids is 3. The second kappa shape index (κ2) is 8.77. The molecule has 1 aliphatic rings. The lowest BCUT2D eigenvalue weighted by atomic mass is 10.0. The molecule has 3 aromatic rings. The van der Waals surface area contributed by atoms with Crippen molar-refractivity contribution in [3.63, 3.8) is 0 Å². The molecule has 0 saturated carbocycles. The van der Waals surface area contributed by atoms with Crippen LogP contribution in [0.1, 0.15) is 47.8 Å². The second-order valence-electron chi connectivity index (χ2n) is 8.18. The van der Waals surface area contributed by atoms with Crippen molar-refractivity contribution in [2.45, 2.75) is 20.0 Å². The molecule has 6 heteroatoms. The minimum atomic E-state index is -0.412. The maximum absolute atomic E-state index is 13.0. The van der Waals surface area contributed by atoms with Crippen LogP contribution in [-0.4, -0.2) is 36.7 Å². The summed E-state index contributed by atoms with van der Waals surface area (Å²) in [5.41, 5.74) is 4.47. The third-order valence-electron chi connectivity index (χ3n) is 5.55. The number of carbonyl (C=O) groups is 3. The lowest BCUT2D eigenvalue weighted by Crippen LogP contribution is -2.30. The Morgan fingerprint density at radius 2 is 1.53 bits per heavy atom. The monoisotopic (exact) mass is 427 g/mol. The van der Waals surface area contributed by atoms with Gasteiger partial charge in [-0.25, -0.2) is 4.90 Å². The summed E-state index contributed by atoms with van der Waals surface area (Å²) in [7, 11) is 4.00. The summed E-state index contributed by atoms with van der Waals surface area (Å²) in [6, 6.07) is 19.9. The molecule has 162 valence electrons. The smallest absolute Gasteiger partial charge is 0.266 e. The van der Waals surface area contributed by atoms with Gasteiger partial charge >= 0.3 is 0 Å². The van der Waals surface area contributed by atoms with Crippen LogP contribution in [0.4, 0.5) is 5.69 Å². The molecule has 1 heterocycles. The van der Waals surface area contributed by atoms with Crippen LogP contribution in [0.2, 0.25) is 0 Å². The summed E-state index contributed by atoms with van der Waals surface area (Å²) in [6.45, 7) is 3.00. The number of hydrogen-bond acceptors (Lipinski definition) is 4. The van der Waals surface area contributed by atoms with Crippen LogP contribution in [0, 0.1) is 6.92 Å². The van der Waals surface area contributed by atoms with E-state index >= 15 is 0 Å². The molecule has 6 nitrogen and oxygen atoms in total. The van der Waals surface area contributed by atoms with Gasteiger partial charge in [-0.1, -0.05) is 42.5 Å². The Bertz CT molecular complexity index is 1220. The van der Waals surface area contributed by atoms with Gasteiger partial charge in [0, 0.05) is 18.7 Å². The first-order valence-corrected chi connectivity index (χ1v) is 10.4. The number of benzene rings is 3. The molecule has 0 unspecified atom stereocenters. The minimum Gasteiger partial charge on any atom is -0.348 e. The highest BCUT2D eigenvalue weighted by Gasteiger charge is 2.37. The van der Waals surface area contributed by atoms with E-state index in [9.17, 15) is 14.4 Å². The number of nitrogens with zero attached hydrogens (tertiary/aromatic N) is 2. The largest absolute Gasteiger partial charge is 0.348 e. The molecule has 0 fully saturated rings. The highest BCUT2D eigenvalue weighted by atomic mass is 16.2. The number of rotatable bonds is 6. The first-order valence-electron chi connectivity index (χ1n) is 10.4. The number of imide groups is 1. The van der Waals surface area contributed by atoms with Crippen LogP contribution in [0.25, 0.3) is 0 Å². The number of hydrogen-bond donors (Lipinski definition) is 1. The fourth-order valence-electron chi connectivity index (χ4n) is 3.92. The van der Waals surface area contributed by atoms with Crippen LogP contribution in [0.5, 0.6) is 0 Å². The van der Waals surface area contributed by atoms with Gasteiger partial charge in [0.1, 0.15) is 0 Å². The zero-order chi connectivity index (χ0) is 22.8. The Morgan fingerprint density at radius 1 is 0.875 bits per heavy atom. The number of amides is 3. The molecule has 32 heavy (non-hydrogen) atoms. The summed E-state index contributed by atoms with van der Waals surface area (Å²) in [5, 5.41) is 2.93. The first kappa shape index (κ1) is 21.5. The van der Waals surface area contributed by atoms with E-state index in [0.29, 0.717) is 23.4 Å². The standard InChI is InChI=1S/C26H25N3O3/c1-17-8-4-7-11-23(17)29-25(31)21-13-12-18(14-22(21)26(29)32)24(30)27-15-19-9-5-6-10-20(19)16-28(2)3/h4-14H,15-16H2,1-3H3,(H,27,30).